The molecule has 0 saturated carbocycles. The maximum Gasteiger partial charge on any atom is 0.269 e. The Morgan fingerprint density at radius 2 is 1.85 bits per heavy atom. The van der Waals surface area contributed by atoms with Gasteiger partial charge in [-0.15, -0.1) is 0 Å². The first-order valence-electron chi connectivity index (χ1n) is 7.50. The predicted octanol–water partition coefficient (Wildman–Crippen LogP) is 3.43. The van der Waals surface area contributed by atoms with Crippen molar-refractivity contribution in [1.82, 2.24) is 9.78 Å². The van der Waals surface area contributed by atoms with Gasteiger partial charge in [-0.2, -0.15) is 5.10 Å². The summed E-state index contributed by atoms with van der Waals surface area (Å²) >= 11 is 6.02. The Balaban J connectivity index is 1.82. The van der Waals surface area contributed by atoms with Crippen molar-refractivity contribution in [2.24, 2.45) is 0 Å². The van der Waals surface area contributed by atoms with Gasteiger partial charge >= 0.3 is 0 Å². The number of rotatable bonds is 6. The van der Waals surface area contributed by atoms with Crippen LogP contribution in [-0.2, 0) is 16.6 Å². The zero-order valence-corrected chi connectivity index (χ0v) is 15.1. The van der Waals surface area contributed by atoms with Crippen LogP contribution in [0.5, 0.6) is 0 Å². The number of nitrogens with zero attached hydrogens (tertiary/aromatic N) is 3. The van der Waals surface area contributed by atoms with Crippen molar-refractivity contribution in [3.05, 3.63) is 81.2 Å². The first kappa shape index (κ1) is 18.8. The first-order chi connectivity index (χ1) is 12.8. The van der Waals surface area contributed by atoms with Crippen LogP contribution in [0.15, 0.2) is 59.6 Å². The van der Waals surface area contributed by atoms with Gasteiger partial charge in [-0.25, -0.2) is 12.8 Å². The third-order valence-electron chi connectivity index (χ3n) is 3.60. The molecule has 3 aromatic rings. The van der Waals surface area contributed by atoms with E-state index in [9.17, 15) is 22.9 Å². The molecule has 3 rings (SSSR count). The molecule has 1 aromatic heterocycles. The topological polar surface area (TPSA) is 107 Å². The summed E-state index contributed by atoms with van der Waals surface area (Å²) in [7, 11) is -4.05. The summed E-state index contributed by atoms with van der Waals surface area (Å²) < 4.78 is 42.1. The van der Waals surface area contributed by atoms with Crippen LogP contribution in [0, 0.1) is 15.9 Å². The molecule has 140 valence electrons. The van der Waals surface area contributed by atoms with Gasteiger partial charge < -0.3 is 0 Å². The minimum absolute atomic E-state index is 0.0248. The molecule has 0 fully saturated rings. The van der Waals surface area contributed by atoms with E-state index >= 15 is 0 Å². The Hall–Kier alpha value is -2.98. The molecule has 0 aliphatic carbocycles. The molecule has 0 amide bonds. The third kappa shape index (κ3) is 4.23. The Kier molecular flexibility index (Phi) is 5.10. The average molecular weight is 411 g/mol. The van der Waals surface area contributed by atoms with Crippen LogP contribution < -0.4 is 4.72 Å². The number of sulfonamides is 1. The normalized spacial score (nSPS) is 11.3. The van der Waals surface area contributed by atoms with Gasteiger partial charge in [0.25, 0.3) is 15.7 Å². The zero-order valence-electron chi connectivity index (χ0n) is 13.5. The van der Waals surface area contributed by atoms with Crippen molar-refractivity contribution >= 4 is 33.1 Å². The van der Waals surface area contributed by atoms with E-state index < -0.39 is 20.8 Å². The van der Waals surface area contributed by atoms with Gasteiger partial charge in [-0.05, 0) is 18.2 Å². The second kappa shape index (κ2) is 7.33. The van der Waals surface area contributed by atoms with E-state index in [1.165, 1.54) is 16.9 Å². The van der Waals surface area contributed by atoms with Gasteiger partial charge in [-0.1, -0.05) is 29.8 Å². The SMILES string of the molecule is O=[N+]([O-])c1ccc(S(=O)(=O)Nc2nn(Cc3ccccc3F)cc2Cl)cc1. The van der Waals surface area contributed by atoms with Crippen LogP contribution in [0.2, 0.25) is 5.02 Å². The van der Waals surface area contributed by atoms with Crippen molar-refractivity contribution in [2.45, 2.75) is 11.4 Å². The molecule has 8 nitrogen and oxygen atoms in total. The summed E-state index contributed by atoms with van der Waals surface area (Å²) in [6.07, 6.45) is 1.36. The van der Waals surface area contributed by atoms with E-state index in [-0.39, 0.29) is 28.0 Å². The zero-order chi connectivity index (χ0) is 19.6. The molecule has 27 heavy (non-hydrogen) atoms. The molecule has 0 bridgehead atoms. The Bertz CT molecular complexity index is 1100. The summed E-state index contributed by atoms with van der Waals surface area (Å²) in [5.41, 5.74) is 0.127. The summed E-state index contributed by atoms with van der Waals surface area (Å²) in [5, 5.41) is 14.7. The number of aromatic nitrogens is 2. The fraction of sp³-hybridized carbons (Fsp3) is 0.0625. The lowest BCUT2D eigenvalue weighted by atomic mass is 10.2. The number of nitro groups is 1. The molecule has 0 spiro atoms. The van der Waals surface area contributed by atoms with E-state index in [0.717, 1.165) is 24.3 Å². The molecule has 1 N–H and O–H groups in total. The third-order valence-corrected chi connectivity index (χ3v) is 5.23. The smallest absolute Gasteiger partial charge is 0.265 e. The standard InChI is InChI=1S/C16H12ClFN4O4S/c17-14-10-21(9-11-3-1-2-4-15(11)18)19-16(14)20-27(25,26)13-7-5-12(6-8-13)22(23)24/h1-8,10H,9H2,(H,19,20). The molecule has 0 atom stereocenters. The van der Waals surface area contributed by atoms with Crippen molar-refractivity contribution in [2.75, 3.05) is 4.72 Å². The first-order valence-corrected chi connectivity index (χ1v) is 9.36. The number of nitrogens with one attached hydrogen (secondary N) is 1. The molecular formula is C16H12ClFN4O4S. The highest BCUT2D eigenvalue weighted by Crippen LogP contribution is 2.24. The van der Waals surface area contributed by atoms with Crippen molar-refractivity contribution in [3.63, 3.8) is 0 Å². The number of hydrogen-bond acceptors (Lipinski definition) is 5. The van der Waals surface area contributed by atoms with E-state index in [1.807, 2.05) is 0 Å². The number of anilines is 1. The van der Waals surface area contributed by atoms with Gasteiger partial charge in [0, 0.05) is 23.9 Å². The van der Waals surface area contributed by atoms with Gasteiger partial charge in [0.2, 0.25) is 0 Å². The van der Waals surface area contributed by atoms with E-state index in [4.69, 9.17) is 11.6 Å². The molecule has 1 heterocycles. The lowest BCUT2D eigenvalue weighted by Crippen LogP contribution is -2.14. The maximum absolute atomic E-state index is 13.7. The summed E-state index contributed by atoms with van der Waals surface area (Å²) in [4.78, 5) is 9.84. The molecule has 11 heteroatoms. The van der Waals surface area contributed by atoms with Crippen LogP contribution in [0.3, 0.4) is 0 Å². The second-order valence-electron chi connectivity index (χ2n) is 5.47. The Morgan fingerprint density at radius 3 is 2.48 bits per heavy atom. The molecule has 0 radical (unpaired) electrons. The number of non-ortho nitro benzene ring substituents is 1. The highest BCUT2D eigenvalue weighted by molar-refractivity contribution is 7.92. The molecule has 0 unspecified atom stereocenters. The highest BCUT2D eigenvalue weighted by atomic mass is 35.5. The van der Waals surface area contributed by atoms with E-state index in [1.54, 1.807) is 18.2 Å². The van der Waals surface area contributed by atoms with Crippen molar-refractivity contribution in [3.8, 4) is 0 Å². The fourth-order valence-electron chi connectivity index (χ4n) is 2.28. The number of benzene rings is 2. The van der Waals surface area contributed by atoms with Crippen molar-refractivity contribution < 1.29 is 17.7 Å². The summed E-state index contributed by atoms with van der Waals surface area (Å²) in [6.45, 7) is 0.0612. The van der Waals surface area contributed by atoms with Crippen LogP contribution in [0.25, 0.3) is 0 Å². The van der Waals surface area contributed by atoms with Gasteiger partial charge in [0.1, 0.15) is 10.8 Å². The highest BCUT2D eigenvalue weighted by Gasteiger charge is 2.19. The Labute approximate surface area is 158 Å². The predicted molar refractivity (Wildman–Crippen MR) is 96.6 cm³/mol. The molecular weight excluding hydrogens is 399 g/mol. The quantitative estimate of drug-likeness (QED) is 0.494. The number of nitro benzene ring substituents is 1. The van der Waals surface area contributed by atoms with Gasteiger partial charge in [-0.3, -0.25) is 19.5 Å². The van der Waals surface area contributed by atoms with Crippen LogP contribution in [0.4, 0.5) is 15.9 Å². The second-order valence-corrected chi connectivity index (χ2v) is 7.56. The molecule has 0 aliphatic rings. The summed E-state index contributed by atoms with van der Waals surface area (Å²) in [6, 6.07) is 10.5. The average Bonchev–Trinajstić information content (AvgIpc) is 2.95. The fourth-order valence-corrected chi connectivity index (χ4v) is 3.55. The Morgan fingerprint density at radius 1 is 1.19 bits per heavy atom. The van der Waals surface area contributed by atoms with Crippen molar-refractivity contribution in [1.29, 1.82) is 0 Å². The lowest BCUT2D eigenvalue weighted by molar-refractivity contribution is -0.384. The minimum Gasteiger partial charge on any atom is -0.265 e. The number of halogens is 2. The van der Waals surface area contributed by atoms with Crippen LogP contribution in [0.1, 0.15) is 5.56 Å². The van der Waals surface area contributed by atoms with E-state index in [0.29, 0.717) is 5.56 Å². The van der Waals surface area contributed by atoms with Gasteiger partial charge in [0.15, 0.2) is 5.82 Å². The molecule has 2 aromatic carbocycles. The lowest BCUT2D eigenvalue weighted by Gasteiger charge is -2.06. The van der Waals surface area contributed by atoms with Crippen LogP contribution >= 0.6 is 11.6 Å². The maximum atomic E-state index is 13.7. The van der Waals surface area contributed by atoms with Gasteiger partial charge in [0.05, 0.1) is 16.4 Å². The van der Waals surface area contributed by atoms with Crippen LogP contribution in [-0.4, -0.2) is 23.1 Å². The largest absolute Gasteiger partial charge is 0.269 e. The molecule has 0 aliphatic heterocycles. The number of hydrogen-bond donors (Lipinski definition) is 1. The molecule has 0 saturated heterocycles. The minimum atomic E-state index is -4.05. The monoisotopic (exact) mass is 410 g/mol. The summed E-state index contributed by atoms with van der Waals surface area (Å²) in [5.74, 6) is -0.552. The van der Waals surface area contributed by atoms with E-state index in [2.05, 4.69) is 9.82 Å².